The number of ether oxygens (including phenoxy) is 2. The smallest absolute Gasteiger partial charge is 0.417 e. The topological polar surface area (TPSA) is 172 Å². The van der Waals surface area contributed by atoms with Crippen LogP contribution in [0, 0.1) is 0 Å². The molecule has 3 rings (SSSR count). The number of amides is 5. The molecular weight excluding hydrogens is 546 g/mol. The molecule has 0 radical (unpaired) electrons. The molecular formula is C29H35N5O8. The fraction of sp³-hybridized carbons (Fsp3) is 0.379. The van der Waals surface area contributed by atoms with Crippen LogP contribution in [0.4, 0.5) is 16.2 Å². The summed E-state index contributed by atoms with van der Waals surface area (Å²) in [6.07, 6.45) is 0.337. The molecule has 0 aromatic heterocycles. The van der Waals surface area contributed by atoms with Gasteiger partial charge in [0, 0.05) is 24.3 Å². The lowest BCUT2D eigenvalue weighted by Crippen LogP contribution is -2.54. The molecule has 3 atom stereocenters. The van der Waals surface area contributed by atoms with Crippen LogP contribution in [0.15, 0.2) is 54.6 Å². The number of benzene rings is 2. The highest BCUT2D eigenvalue weighted by molar-refractivity contribution is 6.02. The van der Waals surface area contributed by atoms with Crippen molar-refractivity contribution in [3.05, 3.63) is 54.6 Å². The Morgan fingerprint density at radius 2 is 1.55 bits per heavy atom. The van der Waals surface area contributed by atoms with Crippen molar-refractivity contribution in [1.29, 1.82) is 0 Å². The predicted molar refractivity (Wildman–Crippen MR) is 153 cm³/mol. The Hall–Kier alpha value is -4.94. The molecule has 0 aliphatic carbocycles. The van der Waals surface area contributed by atoms with Crippen LogP contribution in [0.3, 0.4) is 0 Å². The molecule has 0 spiro atoms. The second-order valence-electron chi connectivity index (χ2n) is 9.67. The van der Waals surface area contributed by atoms with E-state index in [-0.39, 0.29) is 12.8 Å². The summed E-state index contributed by atoms with van der Waals surface area (Å²) in [6.45, 7) is 3.44. The first-order valence-corrected chi connectivity index (χ1v) is 13.5. The van der Waals surface area contributed by atoms with E-state index in [4.69, 9.17) is 4.74 Å². The monoisotopic (exact) mass is 581 g/mol. The molecule has 1 saturated heterocycles. The Balaban J connectivity index is 1.48. The van der Waals surface area contributed by atoms with Crippen molar-refractivity contribution in [3.63, 3.8) is 0 Å². The van der Waals surface area contributed by atoms with Crippen molar-refractivity contribution >= 4 is 47.1 Å². The average Bonchev–Trinajstić information content (AvgIpc) is 3.47. The van der Waals surface area contributed by atoms with Gasteiger partial charge in [-0.2, -0.15) is 0 Å². The number of rotatable bonds is 11. The zero-order valence-corrected chi connectivity index (χ0v) is 23.7. The van der Waals surface area contributed by atoms with Gasteiger partial charge in [0.1, 0.15) is 23.9 Å². The number of nitrogens with one attached hydrogen (secondary N) is 4. The van der Waals surface area contributed by atoms with Crippen molar-refractivity contribution in [2.45, 2.75) is 57.7 Å². The highest BCUT2D eigenvalue weighted by Gasteiger charge is 2.33. The lowest BCUT2D eigenvalue weighted by atomic mass is 10.1. The van der Waals surface area contributed by atoms with Gasteiger partial charge in [-0.25, -0.2) is 4.79 Å². The molecule has 0 bridgehead atoms. The summed E-state index contributed by atoms with van der Waals surface area (Å²) in [7, 11) is 1.21. The van der Waals surface area contributed by atoms with Crippen molar-refractivity contribution in [2.75, 3.05) is 23.9 Å². The van der Waals surface area contributed by atoms with Crippen LogP contribution in [0.25, 0.3) is 0 Å². The minimum atomic E-state index is -1.05. The van der Waals surface area contributed by atoms with Crippen molar-refractivity contribution in [3.8, 4) is 5.75 Å². The van der Waals surface area contributed by atoms with E-state index < -0.39 is 53.8 Å². The molecule has 13 heteroatoms. The third-order valence-corrected chi connectivity index (χ3v) is 6.51. The van der Waals surface area contributed by atoms with E-state index in [0.29, 0.717) is 30.1 Å². The van der Waals surface area contributed by atoms with Gasteiger partial charge in [-0.3, -0.25) is 34.6 Å². The van der Waals surface area contributed by atoms with Gasteiger partial charge in [0.05, 0.1) is 13.5 Å². The second kappa shape index (κ2) is 15.2. The molecule has 1 aliphatic heterocycles. The molecule has 2 aromatic carbocycles. The number of anilines is 2. The number of hydrogen-bond donors (Lipinski definition) is 4. The highest BCUT2D eigenvalue weighted by atomic mass is 16.6. The fourth-order valence-corrected chi connectivity index (χ4v) is 4.24. The van der Waals surface area contributed by atoms with Crippen LogP contribution in [-0.2, 0) is 28.7 Å². The Bertz CT molecular complexity index is 1280. The summed E-state index contributed by atoms with van der Waals surface area (Å²) in [5.74, 6) is -2.58. The maximum absolute atomic E-state index is 13.0. The Morgan fingerprint density at radius 3 is 2.21 bits per heavy atom. The SMILES string of the molecule is COC(=O)CCC(=O)N[C@@H](C)C(=O)N[C@@H](C)C(=O)NC(=O)[C@@H]1CCCN1c1ccc(OC(=O)Nc2ccccc2)cc1. The van der Waals surface area contributed by atoms with Crippen LogP contribution in [0.1, 0.15) is 39.5 Å². The Morgan fingerprint density at radius 1 is 0.881 bits per heavy atom. The molecule has 4 N–H and O–H groups in total. The van der Waals surface area contributed by atoms with E-state index in [0.717, 1.165) is 6.42 Å². The van der Waals surface area contributed by atoms with Crippen LogP contribution in [0.2, 0.25) is 0 Å². The summed E-state index contributed by atoms with van der Waals surface area (Å²) in [6, 6.07) is 12.9. The third-order valence-electron chi connectivity index (χ3n) is 6.51. The highest BCUT2D eigenvalue weighted by Crippen LogP contribution is 2.27. The molecule has 1 heterocycles. The van der Waals surface area contributed by atoms with Gasteiger partial charge in [0.2, 0.25) is 23.6 Å². The summed E-state index contributed by atoms with van der Waals surface area (Å²) in [5, 5.41) is 9.89. The quantitative estimate of drug-likeness (QED) is 0.289. The maximum atomic E-state index is 13.0. The van der Waals surface area contributed by atoms with Crippen LogP contribution >= 0.6 is 0 Å². The maximum Gasteiger partial charge on any atom is 0.417 e. The lowest BCUT2D eigenvalue weighted by molar-refractivity contribution is -0.142. The summed E-state index contributed by atoms with van der Waals surface area (Å²) in [4.78, 5) is 75.2. The normalized spacial score (nSPS) is 15.5. The van der Waals surface area contributed by atoms with Gasteiger partial charge in [-0.05, 0) is 63.1 Å². The van der Waals surface area contributed by atoms with Gasteiger partial charge >= 0.3 is 12.1 Å². The minimum absolute atomic E-state index is 0.125. The standard InChI is InChI=1S/C29H35N5O8/c1-18(30-24(35)15-16-25(36)41-3)26(37)31-19(2)27(38)33-28(39)23-10-7-17-34(23)21-11-13-22(14-12-21)42-29(40)32-20-8-5-4-6-9-20/h4-6,8-9,11-14,18-19,23H,7,10,15-17H2,1-3H3,(H,30,35)(H,31,37)(H,32,40)(H,33,38,39)/t18-,19-,23-/m0/s1. The fourth-order valence-electron chi connectivity index (χ4n) is 4.24. The van der Waals surface area contributed by atoms with Gasteiger partial charge in [-0.1, -0.05) is 18.2 Å². The molecule has 5 amide bonds. The van der Waals surface area contributed by atoms with Gasteiger partial charge < -0.3 is 25.0 Å². The summed E-state index contributed by atoms with van der Waals surface area (Å²) >= 11 is 0. The largest absolute Gasteiger partial charge is 0.469 e. The molecule has 224 valence electrons. The molecule has 0 saturated carbocycles. The second-order valence-corrected chi connectivity index (χ2v) is 9.67. The van der Waals surface area contributed by atoms with Crippen LogP contribution in [0.5, 0.6) is 5.75 Å². The number of carbonyl (C=O) groups is 6. The Kier molecular flexibility index (Phi) is 11.4. The van der Waals surface area contributed by atoms with Crippen LogP contribution < -0.4 is 30.9 Å². The first-order valence-electron chi connectivity index (χ1n) is 13.5. The number of para-hydroxylation sites is 1. The zero-order chi connectivity index (χ0) is 30.6. The van der Waals surface area contributed by atoms with Crippen molar-refractivity contribution < 1.29 is 38.2 Å². The van der Waals surface area contributed by atoms with E-state index in [1.807, 2.05) is 11.0 Å². The molecule has 42 heavy (non-hydrogen) atoms. The number of imide groups is 1. The minimum Gasteiger partial charge on any atom is -0.469 e. The third kappa shape index (κ3) is 9.32. The van der Waals surface area contributed by atoms with Gasteiger partial charge in [0.15, 0.2) is 0 Å². The molecule has 1 aliphatic rings. The van der Waals surface area contributed by atoms with Gasteiger partial charge in [-0.15, -0.1) is 0 Å². The predicted octanol–water partition coefficient (Wildman–Crippen LogP) is 1.87. The number of hydrogen-bond acceptors (Lipinski definition) is 9. The number of esters is 1. The first-order chi connectivity index (χ1) is 20.1. The average molecular weight is 582 g/mol. The van der Waals surface area contributed by atoms with Crippen molar-refractivity contribution in [1.82, 2.24) is 16.0 Å². The van der Waals surface area contributed by atoms with Crippen molar-refractivity contribution in [2.24, 2.45) is 0 Å². The number of nitrogens with zero attached hydrogens (tertiary/aromatic N) is 1. The number of methoxy groups -OCH3 is 1. The number of carbonyl (C=O) groups excluding carboxylic acids is 6. The summed E-state index contributed by atoms with van der Waals surface area (Å²) in [5.41, 5.74) is 1.32. The molecule has 0 unspecified atom stereocenters. The molecule has 1 fully saturated rings. The first kappa shape index (κ1) is 31.6. The van der Waals surface area contributed by atoms with E-state index in [9.17, 15) is 28.8 Å². The lowest BCUT2D eigenvalue weighted by Gasteiger charge is -2.26. The van der Waals surface area contributed by atoms with Gasteiger partial charge in [0.25, 0.3) is 0 Å². The van der Waals surface area contributed by atoms with E-state index >= 15 is 0 Å². The van der Waals surface area contributed by atoms with E-state index in [1.165, 1.54) is 21.0 Å². The van der Waals surface area contributed by atoms with Crippen LogP contribution in [-0.4, -0.2) is 67.5 Å². The Labute approximate surface area is 243 Å². The molecule has 2 aromatic rings. The van der Waals surface area contributed by atoms with E-state index in [1.54, 1.807) is 48.5 Å². The summed E-state index contributed by atoms with van der Waals surface area (Å²) < 4.78 is 9.79. The van der Waals surface area contributed by atoms with E-state index in [2.05, 4.69) is 26.0 Å². The molecule has 13 nitrogen and oxygen atoms in total. The zero-order valence-electron chi connectivity index (χ0n) is 23.7.